The summed E-state index contributed by atoms with van der Waals surface area (Å²) in [4.78, 5) is 12.1. The van der Waals surface area contributed by atoms with Crippen LogP contribution in [0.3, 0.4) is 0 Å². The van der Waals surface area contributed by atoms with Crippen LogP contribution in [0.5, 0.6) is 0 Å². The second-order valence-electron chi connectivity index (χ2n) is 5.74. The van der Waals surface area contributed by atoms with E-state index in [1.807, 2.05) is 0 Å². The first-order valence-corrected chi connectivity index (χ1v) is 6.27. The minimum absolute atomic E-state index is 0.0365. The van der Waals surface area contributed by atoms with E-state index in [9.17, 15) is 4.79 Å². The van der Waals surface area contributed by atoms with Gasteiger partial charge in [-0.1, -0.05) is 18.0 Å². The van der Waals surface area contributed by atoms with Crippen LogP contribution in [-0.2, 0) is 4.79 Å². The second-order valence-corrected chi connectivity index (χ2v) is 5.74. The fourth-order valence-electron chi connectivity index (χ4n) is 2.96. The van der Waals surface area contributed by atoms with E-state index >= 15 is 0 Å². The molecule has 2 unspecified atom stereocenters. The number of carbonyl (C=O) groups excluding carboxylic acids is 1. The average molecular weight is 239 g/mol. The molecule has 2 aliphatic carbocycles. The van der Waals surface area contributed by atoms with Crippen LogP contribution in [0, 0.1) is 17.8 Å². The molecule has 0 saturated heterocycles. The number of amidine groups is 1. The van der Waals surface area contributed by atoms with Gasteiger partial charge in [0.05, 0.1) is 5.54 Å². The third kappa shape index (κ3) is 2.23. The Kier molecular flexibility index (Phi) is 3.02. The van der Waals surface area contributed by atoms with Crippen molar-refractivity contribution >= 4 is 11.7 Å². The SMILES string of the molecule is CC(C)(NC(=O)C1C2CCCCC21)C(N)=NO. The molecule has 5 heteroatoms. The fourth-order valence-corrected chi connectivity index (χ4v) is 2.96. The predicted molar refractivity (Wildman–Crippen MR) is 64.6 cm³/mol. The van der Waals surface area contributed by atoms with E-state index in [0.29, 0.717) is 11.8 Å². The van der Waals surface area contributed by atoms with Gasteiger partial charge in [-0.05, 0) is 38.5 Å². The average Bonchev–Trinajstić information content (AvgIpc) is 3.01. The van der Waals surface area contributed by atoms with Gasteiger partial charge in [0.25, 0.3) is 0 Å². The van der Waals surface area contributed by atoms with E-state index in [1.165, 1.54) is 25.7 Å². The van der Waals surface area contributed by atoms with E-state index in [-0.39, 0.29) is 17.7 Å². The van der Waals surface area contributed by atoms with Crippen LogP contribution >= 0.6 is 0 Å². The summed E-state index contributed by atoms with van der Waals surface area (Å²) in [5, 5.41) is 14.5. The minimum atomic E-state index is -0.780. The molecule has 2 saturated carbocycles. The normalized spacial score (nSPS) is 32.8. The maximum Gasteiger partial charge on any atom is 0.224 e. The van der Waals surface area contributed by atoms with E-state index in [0.717, 1.165) is 0 Å². The predicted octanol–water partition coefficient (Wildman–Crippen LogP) is 1.06. The van der Waals surface area contributed by atoms with E-state index < -0.39 is 5.54 Å². The molecule has 0 aromatic carbocycles. The van der Waals surface area contributed by atoms with E-state index in [2.05, 4.69) is 10.5 Å². The van der Waals surface area contributed by atoms with Crippen LogP contribution in [0.4, 0.5) is 0 Å². The number of rotatable bonds is 3. The molecule has 0 bridgehead atoms. The van der Waals surface area contributed by atoms with Gasteiger partial charge < -0.3 is 16.3 Å². The molecule has 96 valence electrons. The summed E-state index contributed by atoms with van der Waals surface area (Å²) >= 11 is 0. The van der Waals surface area contributed by atoms with Gasteiger partial charge in [0.15, 0.2) is 5.84 Å². The molecule has 4 N–H and O–H groups in total. The van der Waals surface area contributed by atoms with Gasteiger partial charge in [-0.25, -0.2) is 0 Å². The second kappa shape index (κ2) is 4.20. The molecule has 2 atom stereocenters. The van der Waals surface area contributed by atoms with Crippen molar-refractivity contribution in [1.29, 1.82) is 0 Å². The first-order chi connectivity index (χ1) is 7.97. The fraction of sp³-hybridized carbons (Fsp3) is 0.833. The Balaban J connectivity index is 1.94. The number of hydrogen-bond donors (Lipinski definition) is 3. The van der Waals surface area contributed by atoms with Crippen molar-refractivity contribution in [2.45, 2.75) is 45.1 Å². The zero-order valence-corrected chi connectivity index (χ0v) is 10.4. The maximum atomic E-state index is 12.1. The van der Waals surface area contributed by atoms with Crippen LogP contribution in [0.2, 0.25) is 0 Å². The number of amides is 1. The summed E-state index contributed by atoms with van der Waals surface area (Å²) in [6.07, 6.45) is 4.84. The number of hydrogen-bond acceptors (Lipinski definition) is 3. The Morgan fingerprint density at radius 2 is 1.88 bits per heavy atom. The van der Waals surface area contributed by atoms with Crippen molar-refractivity contribution in [1.82, 2.24) is 5.32 Å². The molecule has 1 amide bonds. The highest BCUT2D eigenvalue weighted by Crippen LogP contribution is 2.55. The third-order valence-corrected chi connectivity index (χ3v) is 4.14. The molecule has 0 aromatic heterocycles. The Labute approximate surface area is 101 Å². The van der Waals surface area contributed by atoms with Gasteiger partial charge in [-0.15, -0.1) is 0 Å². The summed E-state index contributed by atoms with van der Waals surface area (Å²) in [6.45, 7) is 3.48. The van der Waals surface area contributed by atoms with Gasteiger partial charge in [0.1, 0.15) is 0 Å². The molecule has 0 heterocycles. The number of carbonyl (C=O) groups is 1. The summed E-state index contributed by atoms with van der Waals surface area (Å²) in [7, 11) is 0. The topological polar surface area (TPSA) is 87.7 Å². The number of fused-ring (bicyclic) bond motifs is 1. The van der Waals surface area contributed by atoms with Crippen molar-refractivity contribution < 1.29 is 10.0 Å². The first-order valence-electron chi connectivity index (χ1n) is 6.27. The highest BCUT2D eigenvalue weighted by atomic mass is 16.4. The summed E-state index contributed by atoms with van der Waals surface area (Å²) < 4.78 is 0. The van der Waals surface area contributed by atoms with Crippen molar-refractivity contribution in [3.8, 4) is 0 Å². The number of nitrogens with zero attached hydrogens (tertiary/aromatic N) is 1. The zero-order chi connectivity index (χ0) is 12.6. The lowest BCUT2D eigenvalue weighted by Crippen LogP contribution is -2.53. The highest BCUT2D eigenvalue weighted by Gasteiger charge is 2.55. The van der Waals surface area contributed by atoms with E-state index in [1.54, 1.807) is 13.8 Å². The molecular formula is C12H21N3O2. The Morgan fingerprint density at radius 1 is 1.35 bits per heavy atom. The minimum Gasteiger partial charge on any atom is -0.409 e. The molecule has 0 radical (unpaired) electrons. The van der Waals surface area contributed by atoms with Gasteiger partial charge in [0.2, 0.25) is 5.91 Å². The molecule has 0 spiro atoms. The smallest absolute Gasteiger partial charge is 0.224 e. The van der Waals surface area contributed by atoms with Gasteiger partial charge >= 0.3 is 0 Å². The van der Waals surface area contributed by atoms with Crippen LogP contribution in [0.15, 0.2) is 5.16 Å². The van der Waals surface area contributed by atoms with Crippen molar-refractivity contribution in [2.75, 3.05) is 0 Å². The third-order valence-electron chi connectivity index (χ3n) is 4.14. The summed E-state index contributed by atoms with van der Waals surface area (Å²) in [6, 6.07) is 0. The standard InChI is InChI=1S/C12H21N3O2/c1-12(2,11(13)15-17)14-10(16)9-7-5-3-4-6-8(7)9/h7-9,17H,3-6H2,1-2H3,(H2,13,15)(H,14,16). The van der Waals surface area contributed by atoms with Gasteiger partial charge in [0, 0.05) is 5.92 Å². The number of oxime groups is 1. The van der Waals surface area contributed by atoms with Gasteiger partial charge in [-0.2, -0.15) is 0 Å². The van der Waals surface area contributed by atoms with Crippen LogP contribution in [0.1, 0.15) is 39.5 Å². The molecule has 0 aromatic rings. The lowest BCUT2D eigenvalue weighted by atomic mass is 10.0. The lowest BCUT2D eigenvalue weighted by Gasteiger charge is -2.24. The van der Waals surface area contributed by atoms with Crippen molar-refractivity contribution in [2.24, 2.45) is 28.6 Å². The van der Waals surface area contributed by atoms with E-state index in [4.69, 9.17) is 10.9 Å². The monoisotopic (exact) mass is 239 g/mol. The van der Waals surface area contributed by atoms with Gasteiger partial charge in [-0.3, -0.25) is 4.79 Å². The number of nitrogens with one attached hydrogen (secondary N) is 1. The molecule has 2 aliphatic rings. The van der Waals surface area contributed by atoms with Crippen LogP contribution in [-0.4, -0.2) is 22.5 Å². The quantitative estimate of drug-likeness (QED) is 0.298. The molecule has 2 rings (SSSR count). The Hall–Kier alpha value is -1.26. The van der Waals surface area contributed by atoms with Crippen LogP contribution in [0.25, 0.3) is 0 Å². The molecule has 17 heavy (non-hydrogen) atoms. The number of nitrogens with two attached hydrogens (primary N) is 1. The molecule has 2 fully saturated rings. The first kappa shape index (κ1) is 12.2. The largest absolute Gasteiger partial charge is 0.409 e. The lowest BCUT2D eigenvalue weighted by molar-refractivity contribution is -0.123. The summed E-state index contributed by atoms with van der Waals surface area (Å²) in [5.74, 6) is 1.40. The van der Waals surface area contributed by atoms with Crippen molar-refractivity contribution in [3.63, 3.8) is 0 Å². The Bertz CT molecular complexity index is 340. The zero-order valence-electron chi connectivity index (χ0n) is 10.4. The molecular weight excluding hydrogens is 218 g/mol. The van der Waals surface area contributed by atoms with Crippen LogP contribution < -0.4 is 11.1 Å². The Morgan fingerprint density at radius 3 is 2.35 bits per heavy atom. The van der Waals surface area contributed by atoms with Crippen molar-refractivity contribution in [3.05, 3.63) is 0 Å². The molecule has 0 aliphatic heterocycles. The highest BCUT2D eigenvalue weighted by molar-refractivity contribution is 5.94. The maximum absolute atomic E-state index is 12.1. The molecule has 5 nitrogen and oxygen atoms in total. The summed E-state index contributed by atoms with van der Waals surface area (Å²) in [5.41, 5.74) is 4.77.